The molecule has 1 N–H and O–H groups in total. The van der Waals surface area contributed by atoms with Crippen LogP contribution in [-0.2, 0) is 0 Å². The Balaban J connectivity index is 2.12. The average Bonchev–Trinajstić information content (AvgIpc) is 2.85. The van der Waals surface area contributed by atoms with E-state index in [2.05, 4.69) is 16.8 Å². The predicted molar refractivity (Wildman–Crippen MR) is 78.9 cm³/mol. The highest BCUT2D eigenvalue weighted by Gasteiger charge is 2.25. The van der Waals surface area contributed by atoms with Gasteiger partial charge in [0.15, 0.2) is 16.6 Å². The average molecular weight is 296 g/mol. The number of rotatable bonds is 5. The maximum absolute atomic E-state index is 11.5. The lowest BCUT2D eigenvalue weighted by Crippen LogP contribution is -2.33. The molecule has 0 atom stereocenters. The van der Waals surface area contributed by atoms with Crippen LogP contribution in [0.15, 0.2) is 0 Å². The first-order chi connectivity index (χ1) is 9.52. The molecule has 0 saturated carbocycles. The Morgan fingerprint density at radius 1 is 1.40 bits per heavy atom. The van der Waals surface area contributed by atoms with Crippen molar-refractivity contribution >= 4 is 28.2 Å². The first kappa shape index (κ1) is 15.0. The number of anilines is 1. The molecule has 6 heteroatoms. The summed E-state index contributed by atoms with van der Waals surface area (Å²) in [5.74, 6) is -0.590. The molecule has 0 bridgehead atoms. The summed E-state index contributed by atoms with van der Waals surface area (Å²) < 4.78 is 0. The highest BCUT2D eigenvalue weighted by atomic mass is 32.1. The highest BCUT2D eigenvalue weighted by Crippen LogP contribution is 2.31. The number of carbonyl (C=O) groups excluding carboxylic acids is 1. The zero-order valence-electron chi connectivity index (χ0n) is 11.9. The van der Waals surface area contributed by atoms with E-state index >= 15 is 0 Å². The van der Waals surface area contributed by atoms with Gasteiger partial charge < -0.3 is 10.0 Å². The van der Waals surface area contributed by atoms with E-state index in [9.17, 15) is 9.59 Å². The summed E-state index contributed by atoms with van der Waals surface area (Å²) in [6.07, 6.45) is 4.70. The van der Waals surface area contributed by atoms with E-state index in [1.807, 2.05) is 0 Å². The molecule has 1 aliphatic heterocycles. The van der Waals surface area contributed by atoms with E-state index in [4.69, 9.17) is 5.11 Å². The number of Topliss-reactive ketones (excluding diaryl/α,β-unsaturated/α-hetero) is 1. The van der Waals surface area contributed by atoms with E-state index in [1.54, 1.807) is 0 Å². The van der Waals surface area contributed by atoms with Crippen molar-refractivity contribution < 1.29 is 14.7 Å². The van der Waals surface area contributed by atoms with Gasteiger partial charge in [-0.3, -0.25) is 4.79 Å². The van der Waals surface area contributed by atoms with Crippen LogP contribution >= 0.6 is 11.3 Å². The van der Waals surface area contributed by atoms with Crippen LogP contribution in [-0.4, -0.2) is 34.9 Å². The molecule has 5 nitrogen and oxygen atoms in total. The van der Waals surface area contributed by atoms with Gasteiger partial charge >= 0.3 is 5.97 Å². The zero-order valence-corrected chi connectivity index (χ0v) is 12.7. The molecule has 0 spiro atoms. The third kappa shape index (κ3) is 3.17. The first-order valence-electron chi connectivity index (χ1n) is 7.03. The lowest BCUT2D eigenvalue weighted by Gasteiger charge is -2.31. The monoisotopic (exact) mass is 296 g/mol. The standard InChI is InChI=1S/C14H20N2O3S/c1-3-4-10-5-7-16(8-6-10)14-15-11(13(18)19)12(20-14)9(2)17/h10H,3-8H2,1-2H3,(H,18,19). The molecule has 0 radical (unpaired) electrons. The third-order valence-electron chi connectivity index (χ3n) is 3.72. The lowest BCUT2D eigenvalue weighted by atomic mass is 9.93. The molecule has 110 valence electrons. The van der Waals surface area contributed by atoms with Crippen LogP contribution in [0.4, 0.5) is 5.13 Å². The second-order valence-corrected chi connectivity index (χ2v) is 6.23. The maximum atomic E-state index is 11.5. The summed E-state index contributed by atoms with van der Waals surface area (Å²) in [4.78, 5) is 29.1. The Labute approximate surface area is 122 Å². The highest BCUT2D eigenvalue weighted by molar-refractivity contribution is 7.17. The summed E-state index contributed by atoms with van der Waals surface area (Å²) in [5, 5.41) is 9.78. The fourth-order valence-electron chi connectivity index (χ4n) is 2.65. The molecule has 0 aliphatic carbocycles. The van der Waals surface area contributed by atoms with E-state index in [1.165, 1.54) is 31.1 Å². The first-order valence-corrected chi connectivity index (χ1v) is 7.84. The van der Waals surface area contributed by atoms with Crippen molar-refractivity contribution in [3.05, 3.63) is 10.6 Å². The van der Waals surface area contributed by atoms with Crippen molar-refractivity contribution in [2.75, 3.05) is 18.0 Å². The number of carbonyl (C=O) groups is 2. The van der Waals surface area contributed by atoms with Crippen LogP contribution in [0.1, 0.15) is 59.7 Å². The van der Waals surface area contributed by atoms with Crippen LogP contribution in [0.2, 0.25) is 0 Å². The Hall–Kier alpha value is -1.43. The van der Waals surface area contributed by atoms with E-state index in [0.717, 1.165) is 31.8 Å². The van der Waals surface area contributed by atoms with Crippen molar-refractivity contribution in [3.8, 4) is 0 Å². The summed E-state index contributed by atoms with van der Waals surface area (Å²) in [6, 6.07) is 0. The molecule has 1 fully saturated rings. The predicted octanol–water partition coefficient (Wildman–Crippen LogP) is 3.06. The number of hydrogen-bond donors (Lipinski definition) is 1. The molecule has 20 heavy (non-hydrogen) atoms. The minimum atomic E-state index is -1.13. The quantitative estimate of drug-likeness (QED) is 0.846. The van der Waals surface area contributed by atoms with Crippen molar-refractivity contribution in [2.24, 2.45) is 5.92 Å². The van der Waals surface area contributed by atoms with Gasteiger partial charge in [0.25, 0.3) is 0 Å². The van der Waals surface area contributed by atoms with Crippen LogP contribution in [0.3, 0.4) is 0 Å². The molecule has 0 unspecified atom stereocenters. The second-order valence-electron chi connectivity index (χ2n) is 5.25. The van der Waals surface area contributed by atoms with Crippen LogP contribution in [0.25, 0.3) is 0 Å². The van der Waals surface area contributed by atoms with E-state index < -0.39 is 5.97 Å². The van der Waals surface area contributed by atoms with Gasteiger partial charge in [-0.05, 0) is 18.8 Å². The minimum absolute atomic E-state index is 0.104. The van der Waals surface area contributed by atoms with Gasteiger partial charge in [-0.2, -0.15) is 0 Å². The van der Waals surface area contributed by atoms with Crippen LogP contribution in [0.5, 0.6) is 0 Å². The number of thiazole rings is 1. The smallest absolute Gasteiger partial charge is 0.356 e. The number of ketones is 1. The topological polar surface area (TPSA) is 70.5 Å². The zero-order chi connectivity index (χ0) is 14.7. The second kappa shape index (κ2) is 6.35. The van der Waals surface area contributed by atoms with E-state index in [0.29, 0.717) is 5.13 Å². The van der Waals surface area contributed by atoms with Gasteiger partial charge in [0.05, 0.1) is 0 Å². The molecule has 1 aromatic heterocycles. The van der Waals surface area contributed by atoms with Crippen molar-refractivity contribution in [3.63, 3.8) is 0 Å². The molecule has 1 saturated heterocycles. The molecule has 1 aromatic rings. The summed E-state index contributed by atoms with van der Waals surface area (Å²) >= 11 is 1.20. The maximum Gasteiger partial charge on any atom is 0.356 e. The third-order valence-corrected chi connectivity index (χ3v) is 4.94. The molecular formula is C14H20N2O3S. The number of aromatic nitrogens is 1. The Bertz CT molecular complexity index is 473. The molecular weight excluding hydrogens is 276 g/mol. The normalized spacial score (nSPS) is 16.4. The number of carboxylic acid groups (broad SMARTS) is 1. The van der Waals surface area contributed by atoms with Gasteiger partial charge in [-0.15, -0.1) is 0 Å². The van der Waals surface area contributed by atoms with Gasteiger partial charge in [0, 0.05) is 20.0 Å². The van der Waals surface area contributed by atoms with Crippen molar-refractivity contribution in [1.82, 2.24) is 4.98 Å². The van der Waals surface area contributed by atoms with Crippen molar-refractivity contribution in [1.29, 1.82) is 0 Å². The fraction of sp³-hybridized carbons (Fsp3) is 0.643. The summed E-state index contributed by atoms with van der Waals surface area (Å²) in [5.41, 5.74) is -0.104. The fourth-order valence-corrected chi connectivity index (χ4v) is 3.65. The molecule has 2 heterocycles. The number of hydrogen-bond acceptors (Lipinski definition) is 5. The van der Waals surface area contributed by atoms with E-state index in [-0.39, 0.29) is 16.4 Å². The number of piperidine rings is 1. The summed E-state index contributed by atoms with van der Waals surface area (Å²) in [7, 11) is 0. The lowest BCUT2D eigenvalue weighted by molar-refractivity contribution is 0.0687. The number of aromatic carboxylic acids is 1. The van der Waals surface area contributed by atoms with Crippen LogP contribution < -0.4 is 4.90 Å². The minimum Gasteiger partial charge on any atom is -0.476 e. The largest absolute Gasteiger partial charge is 0.476 e. The number of nitrogens with zero attached hydrogens (tertiary/aromatic N) is 2. The van der Waals surface area contributed by atoms with Crippen molar-refractivity contribution in [2.45, 2.75) is 39.5 Å². The van der Waals surface area contributed by atoms with Gasteiger partial charge in [0.2, 0.25) is 0 Å². The van der Waals surface area contributed by atoms with Gasteiger partial charge in [-0.25, -0.2) is 9.78 Å². The van der Waals surface area contributed by atoms with Gasteiger partial charge in [-0.1, -0.05) is 31.1 Å². The molecule has 2 rings (SSSR count). The molecule has 0 amide bonds. The Morgan fingerprint density at radius 2 is 2.05 bits per heavy atom. The number of carboxylic acids is 1. The van der Waals surface area contributed by atoms with Gasteiger partial charge in [0.1, 0.15) is 4.88 Å². The molecule has 1 aliphatic rings. The summed E-state index contributed by atoms with van der Waals surface area (Å²) in [6.45, 7) is 5.38. The molecule has 0 aromatic carbocycles. The Kier molecular flexibility index (Phi) is 4.75. The van der Waals surface area contributed by atoms with Crippen LogP contribution in [0, 0.1) is 5.92 Å². The SMILES string of the molecule is CCCC1CCN(c2nc(C(=O)O)c(C(C)=O)s2)CC1. The Morgan fingerprint density at radius 3 is 2.50 bits per heavy atom.